The van der Waals surface area contributed by atoms with Crippen molar-refractivity contribution >= 4 is 17.2 Å². The van der Waals surface area contributed by atoms with Gasteiger partial charge in [0.15, 0.2) is 0 Å². The highest BCUT2D eigenvalue weighted by atomic mass is 32.1. The summed E-state index contributed by atoms with van der Waals surface area (Å²) in [6.45, 7) is 1.64. The minimum Gasteiger partial charge on any atom is -0.352 e. The average molecular weight is 316 g/mol. The summed E-state index contributed by atoms with van der Waals surface area (Å²) < 4.78 is 2.19. The van der Waals surface area contributed by atoms with Crippen molar-refractivity contribution in [2.45, 2.75) is 51.5 Å². The van der Waals surface area contributed by atoms with Crippen molar-refractivity contribution in [2.24, 2.45) is 0 Å². The molecule has 4 rings (SSSR count). The number of fused-ring (bicyclic) bond motifs is 2. The SMILES string of the molecule is O=C(NCCc1nnc2n1CCC2)c1csc2c1CCCC2. The van der Waals surface area contributed by atoms with Crippen LogP contribution in [0, 0.1) is 0 Å². The van der Waals surface area contributed by atoms with Crippen LogP contribution in [0.25, 0.3) is 0 Å². The molecule has 0 atom stereocenters. The molecule has 2 aromatic rings. The number of aryl methyl sites for hydroxylation is 2. The summed E-state index contributed by atoms with van der Waals surface area (Å²) in [5.74, 6) is 2.16. The molecule has 0 unspecified atom stereocenters. The van der Waals surface area contributed by atoms with Crippen LogP contribution in [0.5, 0.6) is 0 Å². The molecular weight excluding hydrogens is 296 g/mol. The Bertz CT molecular complexity index is 703. The van der Waals surface area contributed by atoms with E-state index in [4.69, 9.17) is 0 Å². The van der Waals surface area contributed by atoms with Crippen molar-refractivity contribution in [1.29, 1.82) is 0 Å². The molecule has 1 aliphatic heterocycles. The number of aromatic nitrogens is 3. The Kier molecular flexibility index (Phi) is 3.70. The van der Waals surface area contributed by atoms with Gasteiger partial charge in [-0.25, -0.2) is 0 Å². The number of hydrogen-bond donors (Lipinski definition) is 1. The second-order valence-corrected chi connectivity index (χ2v) is 7.02. The maximum atomic E-state index is 12.4. The molecule has 5 nitrogen and oxygen atoms in total. The molecule has 0 spiro atoms. The predicted octanol–water partition coefficient (Wildman–Crippen LogP) is 2.14. The summed E-state index contributed by atoms with van der Waals surface area (Å²) in [7, 11) is 0. The first-order valence-corrected chi connectivity index (χ1v) is 8.99. The van der Waals surface area contributed by atoms with E-state index < -0.39 is 0 Å². The standard InChI is InChI=1S/C16H20N4OS/c21-16(12-10-22-13-5-2-1-4-11(12)13)17-8-7-15-19-18-14-6-3-9-20(14)15/h10H,1-9H2,(H,17,21). The fourth-order valence-electron chi connectivity index (χ4n) is 3.46. The molecule has 116 valence electrons. The van der Waals surface area contributed by atoms with Gasteiger partial charge in [0.1, 0.15) is 11.6 Å². The largest absolute Gasteiger partial charge is 0.352 e. The van der Waals surface area contributed by atoms with Gasteiger partial charge in [-0.15, -0.1) is 21.5 Å². The quantitative estimate of drug-likeness (QED) is 0.940. The van der Waals surface area contributed by atoms with Gasteiger partial charge in [0.2, 0.25) is 0 Å². The zero-order valence-electron chi connectivity index (χ0n) is 12.6. The van der Waals surface area contributed by atoms with E-state index in [0.717, 1.165) is 55.9 Å². The Morgan fingerprint density at radius 1 is 1.23 bits per heavy atom. The monoisotopic (exact) mass is 316 g/mol. The van der Waals surface area contributed by atoms with E-state index in [1.54, 1.807) is 11.3 Å². The first-order chi connectivity index (χ1) is 10.8. The third kappa shape index (κ3) is 2.45. The molecule has 1 aliphatic carbocycles. The van der Waals surface area contributed by atoms with Gasteiger partial charge in [0.25, 0.3) is 5.91 Å². The van der Waals surface area contributed by atoms with E-state index >= 15 is 0 Å². The highest BCUT2D eigenvalue weighted by Crippen LogP contribution is 2.30. The summed E-state index contributed by atoms with van der Waals surface area (Å²) in [4.78, 5) is 13.8. The lowest BCUT2D eigenvalue weighted by atomic mass is 9.96. The molecule has 0 bridgehead atoms. The summed E-state index contributed by atoms with van der Waals surface area (Å²) in [6, 6.07) is 0. The lowest BCUT2D eigenvalue weighted by molar-refractivity contribution is 0.0953. The van der Waals surface area contributed by atoms with Crippen molar-refractivity contribution in [3.63, 3.8) is 0 Å². The maximum Gasteiger partial charge on any atom is 0.252 e. The number of amides is 1. The fourth-order valence-corrected chi connectivity index (χ4v) is 4.59. The van der Waals surface area contributed by atoms with Crippen molar-refractivity contribution in [2.75, 3.05) is 6.54 Å². The Hall–Kier alpha value is -1.69. The zero-order chi connectivity index (χ0) is 14.9. The van der Waals surface area contributed by atoms with Gasteiger partial charge >= 0.3 is 0 Å². The van der Waals surface area contributed by atoms with E-state index in [9.17, 15) is 4.79 Å². The number of hydrogen-bond acceptors (Lipinski definition) is 4. The Morgan fingerprint density at radius 2 is 2.14 bits per heavy atom. The molecule has 0 aromatic carbocycles. The number of nitrogens with zero attached hydrogens (tertiary/aromatic N) is 3. The molecule has 2 aromatic heterocycles. The molecule has 22 heavy (non-hydrogen) atoms. The molecular formula is C16H20N4OS. The summed E-state index contributed by atoms with van der Waals surface area (Å²) in [5, 5.41) is 13.5. The topological polar surface area (TPSA) is 59.8 Å². The molecule has 0 saturated heterocycles. The van der Waals surface area contributed by atoms with Crippen LogP contribution in [0.15, 0.2) is 5.38 Å². The molecule has 1 N–H and O–H groups in total. The van der Waals surface area contributed by atoms with E-state index in [1.165, 1.54) is 23.3 Å². The third-order valence-electron chi connectivity index (χ3n) is 4.63. The minimum atomic E-state index is 0.0700. The lowest BCUT2D eigenvalue weighted by Crippen LogP contribution is -2.27. The third-order valence-corrected chi connectivity index (χ3v) is 5.71. The van der Waals surface area contributed by atoms with Crippen molar-refractivity contribution in [3.05, 3.63) is 33.0 Å². The molecule has 1 amide bonds. The molecule has 0 saturated carbocycles. The Balaban J connectivity index is 1.37. The van der Waals surface area contributed by atoms with Crippen LogP contribution >= 0.6 is 11.3 Å². The maximum absolute atomic E-state index is 12.4. The first kappa shape index (κ1) is 13.9. The van der Waals surface area contributed by atoms with Crippen molar-refractivity contribution in [3.8, 4) is 0 Å². The normalized spacial score (nSPS) is 16.4. The van der Waals surface area contributed by atoms with Crippen molar-refractivity contribution < 1.29 is 4.79 Å². The van der Waals surface area contributed by atoms with E-state index in [1.807, 2.05) is 5.38 Å². The average Bonchev–Trinajstić information content (AvgIpc) is 3.23. The van der Waals surface area contributed by atoms with Crippen LogP contribution < -0.4 is 5.32 Å². The first-order valence-electron chi connectivity index (χ1n) is 8.11. The fraction of sp³-hybridized carbons (Fsp3) is 0.562. The zero-order valence-corrected chi connectivity index (χ0v) is 13.4. The van der Waals surface area contributed by atoms with Gasteiger partial charge in [0, 0.05) is 36.2 Å². The van der Waals surface area contributed by atoms with Crippen LogP contribution in [-0.4, -0.2) is 27.2 Å². The molecule has 0 fully saturated rings. The van der Waals surface area contributed by atoms with E-state index in [-0.39, 0.29) is 5.91 Å². The molecule has 3 heterocycles. The van der Waals surface area contributed by atoms with Gasteiger partial charge in [-0.1, -0.05) is 0 Å². The van der Waals surface area contributed by atoms with Gasteiger partial charge in [0.05, 0.1) is 5.56 Å². The highest BCUT2D eigenvalue weighted by molar-refractivity contribution is 7.10. The van der Waals surface area contributed by atoms with Crippen LogP contribution in [0.1, 0.15) is 51.7 Å². The summed E-state index contributed by atoms with van der Waals surface area (Å²) in [5.41, 5.74) is 2.18. The Morgan fingerprint density at radius 3 is 3.09 bits per heavy atom. The number of rotatable bonds is 4. The van der Waals surface area contributed by atoms with Crippen LogP contribution in [0.3, 0.4) is 0 Å². The minimum absolute atomic E-state index is 0.0700. The number of carbonyl (C=O) groups excluding carboxylic acids is 1. The van der Waals surface area contributed by atoms with Crippen molar-refractivity contribution in [1.82, 2.24) is 20.1 Å². The predicted molar refractivity (Wildman–Crippen MR) is 85.3 cm³/mol. The van der Waals surface area contributed by atoms with Crippen LogP contribution in [0.2, 0.25) is 0 Å². The number of thiophene rings is 1. The highest BCUT2D eigenvalue weighted by Gasteiger charge is 2.20. The number of carbonyl (C=O) groups is 1. The van der Waals surface area contributed by atoms with Crippen LogP contribution in [0.4, 0.5) is 0 Å². The summed E-state index contributed by atoms with van der Waals surface area (Å²) >= 11 is 1.74. The number of nitrogens with one attached hydrogen (secondary N) is 1. The lowest BCUT2D eigenvalue weighted by Gasteiger charge is -2.12. The molecule has 0 radical (unpaired) electrons. The van der Waals surface area contributed by atoms with Gasteiger partial charge < -0.3 is 9.88 Å². The molecule has 6 heteroatoms. The van der Waals surface area contributed by atoms with Gasteiger partial charge in [-0.2, -0.15) is 0 Å². The smallest absolute Gasteiger partial charge is 0.252 e. The van der Waals surface area contributed by atoms with E-state index in [0.29, 0.717) is 6.54 Å². The second-order valence-electron chi connectivity index (χ2n) is 6.05. The summed E-state index contributed by atoms with van der Waals surface area (Å²) in [6.07, 6.45) is 7.59. The van der Waals surface area contributed by atoms with Gasteiger partial charge in [-0.05, 0) is 37.7 Å². The van der Waals surface area contributed by atoms with Crippen LogP contribution in [-0.2, 0) is 32.2 Å². The van der Waals surface area contributed by atoms with Gasteiger partial charge in [-0.3, -0.25) is 4.79 Å². The molecule has 2 aliphatic rings. The van der Waals surface area contributed by atoms with E-state index in [2.05, 4.69) is 20.1 Å². The Labute approximate surface area is 133 Å². The second kappa shape index (κ2) is 5.83.